The second-order valence-electron chi connectivity index (χ2n) is 5.71. The molecule has 2 rings (SSSR count). The van der Waals surface area contributed by atoms with Gasteiger partial charge in [-0.2, -0.15) is 0 Å². The molecule has 0 aliphatic carbocycles. The first-order chi connectivity index (χ1) is 8.47. The van der Waals surface area contributed by atoms with Crippen molar-refractivity contribution in [1.82, 2.24) is 4.90 Å². The van der Waals surface area contributed by atoms with Crippen molar-refractivity contribution in [3.63, 3.8) is 0 Å². The van der Waals surface area contributed by atoms with E-state index in [-0.39, 0.29) is 5.82 Å². The van der Waals surface area contributed by atoms with Crippen molar-refractivity contribution >= 4 is 5.69 Å². The number of rotatable bonds is 2. The molecule has 0 spiro atoms. The zero-order valence-corrected chi connectivity index (χ0v) is 11.7. The minimum atomic E-state index is -0.164. The molecule has 3 unspecified atom stereocenters. The van der Waals surface area contributed by atoms with E-state index in [1.807, 2.05) is 13.0 Å². The summed E-state index contributed by atoms with van der Waals surface area (Å²) in [6.07, 6.45) is 1.13. The normalized spacial score (nSPS) is 29.3. The molecule has 2 nitrogen and oxygen atoms in total. The van der Waals surface area contributed by atoms with Crippen LogP contribution in [0.5, 0.6) is 0 Å². The van der Waals surface area contributed by atoms with Crippen LogP contribution in [-0.4, -0.2) is 30.6 Å². The maximum Gasteiger partial charge on any atom is 0.123 e. The summed E-state index contributed by atoms with van der Waals surface area (Å²) < 4.78 is 13.1. The van der Waals surface area contributed by atoms with Crippen molar-refractivity contribution in [2.24, 2.45) is 5.92 Å². The van der Waals surface area contributed by atoms with Crippen LogP contribution in [0.25, 0.3) is 0 Å². The number of aryl methyl sites for hydroxylation is 1. The number of hydrogen-bond donors (Lipinski definition) is 1. The van der Waals surface area contributed by atoms with Crippen molar-refractivity contribution < 1.29 is 4.39 Å². The Bertz CT molecular complexity index is 419. The van der Waals surface area contributed by atoms with Crippen molar-refractivity contribution in [3.05, 3.63) is 29.6 Å². The number of nitrogens with one attached hydrogen (secondary N) is 1. The maximum atomic E-state index is 13.1. The van der Waals surface area contributed by atoms with E-state index in [2.05, 4.69) is 31.1 Å². The number of likely N-dealkylation sites (tertiary alicyclic amines) is 1. The number of nitrogens with zero attached hydrogens (tertiary/aromatic N) is 1. The maximum absolute atomic E-state index is 13.1. The van der Waals surface area contributed by atoms with Gasteiger partial charge in [-0.3, -0.25) is 0 Å². The zero-order chi connectivity index (χ0) is 13.3. The highest BCUT2D eigenvalue weighted by Crippen LogP contribution is 2.26. The standard InChI is InChI=1S/C15H23FN2/c1-10-7-13(16)5-6-14(10)17-15-8-12(3)18(4)9-11(15)2/h5-7,11-12,15,17H,8-9H2,1-4H3. The van der Waals surface area contributed by atoms with Gasteiger partial charge < -0.3 is 10.2 Å². The van der Waals surface area contributed by atoms with Crippen LogP contribution < -0.4 is 5.32 Å². The molecule has 1 saturated heterocycles. The van der Waals surface area contributed by atoms with Gasteiger partial charge >= 0.3 is 0 Å². The molecule has 3 heteroatoms. The zero-order valence-electron chi connectivity index (χ0n) is 11.7. The Morgan fingerprint density at radius 3 is 2.72 bits per heavy atom. The van der Waals surface area contributed by atoms with E-state index in [0.717, 1.165) is 24.2 Å². The average molecular weight is 250 g/mol. The SMILES string of the molecule is Cc1cc(F)ccc1NC1CC(C)N(C)CC1C. The highest BCUT2D eigenvalue weighted by Gasteiger charge is 2.28. The van der Waals surface area contributed by atoms with Gasteiger partial charge in [-0.15, -0.1) is 0 Å². The van der Waals surface area contributed by atoms with Gasteiger partial charge in [-0.1, -0.05) is 6.92 Å². The van der Waals surface area contributed by atoms with Crippen LogP contribution in [0.3, 0.4) is 0 Å². The van der Waals surface area contributed by atoms with Gasteiger partial charge in [-0.25, -0.2) is 4.39 Å². The summed E-state index contributed by atoms with van der Waals surface area (Å²) >= 11 is 0. The van der Waals surface area contributed by atoms with E-state index in [1.165, 1.54) is 6.07 Å². The van der Waals surface area contributed by atoms with Gasteiger partial charge in [-0.05, 0) is 57.0 Å². The molecule has 1 aromatic rings. The van der Waals surface area contributed by atoms with Crippen molar-refractivity contribution in [3.8, 4) is 0 Å². The topological polar surface area (TPSA) is 15.3 Å². The summed E-state index contributed by atoms with van der Waals surface area (Å²) in [4.78, 5) is 2.40. The van der Waals surface area contributed by atoms with Gasteiger partial charge in [0.05, 0.1) is 0 Å². The van der Waals surface area contributed by atoms with Crippen LogP contribution in [-0.2, 0) is 0 Å². The molecule has 100 valence electrons. The third-order valence-electron chi connectivity index (χ3n) is 4.14. The summed E-state index contributed by atoms with van der Waals surface area (Å²) in [6, 6.07) is 6.03. The molecule has 0 amide bonds. The van der Waals surface area contributed by atoms with E-state index in [4.69, 9.17) is 0 Å². The molecule has 1 aromatic carbocycles. The number of piperidine rings is 1. The van der Waals surface area contributed by atoms with Crippen molar-refractivity contribution in [2.45, 2.75) is 39.3 Å². The molecule has 1 heterocycles. The van der Waals surface area contributed by atoms with Crippen LogP contribution in [0, 0.1) is 18.7 Å². The summed E-state index contributed by atoms with van der Waals surface area (Å²) in [5, 5.41) is 3.58. The Labute approximate surface area is 109 Å². The van der Waals surface area contributed by atoms with Crippen LogP contribution in [0.1, 0.15) is 25.8 Å². The largest absolute Gasteiger partial charge is 0.382 e. The predicted molar refractivity (Wildman–Crippen MR) is 74.4 cm³/mol. The number of halogens is 1. The number of benzene rings is 1. The third-order valence-corrected chi connectivity index (χ3v) is 4.14. The molecule has 0 bridgehead atoms. The molecule has 0 saturated carbocycles. The fourth-order valence-corrected chi connectivity index (χ4v) is 2.73. The smallest absolute Gasteiger partial charge is 0.123 e. The van der Waals surface area contributed by atoms with E-state index in [1.54, 1.807) is 6.07 Å². The molecule has 0 radical (unpaired) electrons. The fourth-order valence-electron chi connectivity index (χ4n) is 2.73. The van der Waals surface area contributed by atoms with Crippen LogP contribution >= 0.6 is 0 Å². The van der Waals surface area contributed by atoms with E-state index < -0.39 is 0 Å². The summed E-state index contributed by atoms with van der Waals surface area (Å²) in [5.74, 6) is 0.443. The van der Waals surface area contributed by atoms with Gasteiger partial charge in [0.25, 0.3) is 0 Å². The van der Waals surface area contributed by atoms with Gasteiger partial charge in [0.1, 0.15) is 5.82 Å². The first kappa shape index (κ1) is 13.3. The lowest BCUT2D eigenvalue weighted by molar-refractivity contribution is 0.145. The van der Waals surface area contributed by atoms with Crippen molar-refractivity contribution in [2.75, 3.05) is 18.9 Å². The Morgan fingerprint density at radius 2 is 2.06 bits per heavy atom. The second kappa shape index (κ2) is 5.27. The molecule has 1 aliphatic rings. The highest BCUT2D eigenvalue weighted by molar-refractivity contribution is 5.51. The molecule has 1 aliphatic heterocycles. The Kier molecular flexibility index (Phi) is 3.91. The van der Waals surface area contributed by atoms with Crippen LogP contribution in [0.4, 0.5) is 10.1 Å². The quantitative estimate of drug-likeness (QED) is 0.866. The fraction of sp³-hybridized carbons (Fsp3) is 0.600. The minimum absolute atomic E-state index is 0.164. The molecule has 18 heavy (non-hydrogen) atoms. The van der Waals surface area contributed by atoms with Crippen molar-refractivity contribution in [1.29, 1.82) is 0 Å². The lowest BCUT2D eigenvalue weighted by Crippen LogP contribution is -2.48. The predicted octanol–water partition coefficient (Wildman–Crippen LogP) is 3.27. The molecule has 0 aromatic heterocycles. The van der Waals surface area contributed by atoms with Gasteiger partial charge in [0, 0.05) is 24.3 Å². The Hall–Kier alpha value is -1.09. The molecular weight excluding hydrogens is 227 g/mol. The van der Waals surface area contributed by atoms with Crippen LogP contribution in [0.2, 0.25) is 0 Å². The first-order valence-electron chi connectivity index (χ1n) is 6.70. The summed E-state index contributed by atoms with van der Waals surface area (Å²) in [7, 11) is 2.18. The lowest BCUT2D eigenvalue weighted by atomic mass is 9.89. The first-order valence-corrected chi connectivity index (χ1v) is 6.70. The number of anilines is 1. The molecular formula is C15H23FN2. The monoisotopic (exact) mass is 250 g/mol. The Balaban J connectivity index is 2.08. The number of hydrogen-bond acceptors (Lipinski definition) is 2. The summed E-state index contributed by atoms with van der Waals surface area (Å²) in [6.45, 7) is 7.60. The van der Waals surface area contributed by atoms with Gasteiger partial charge in [0.2, 0.25) is 0 Å². The average Bonchev–Trinajstić information content (AvgIpc) is 2.29. The van der Waals surface area contributed by atoms with Crippen LogP contribution in [0.15, 0.2) is 18.2 Å². The van der Waals surface area contributed by atoms with E-state index in [0.29, 0.717) is 18.0 Å². The molecule has 3 atom stereocenters. The Morgan fingerprint density at radius 1 is 1.33 bits per heavy atom. The van der Waals surface area contributed by atoms with Gasteiger partial charge in [0.15, 0.2) is 0 Å². The van der Waals surface area contributed by atoms with E-state index in [9.17, 15) is 4.39 Å². The minimum Gasteiger partial charge on any atom is -0.382 e. The molecule has 1 fully saturated rings. The second-order valence-corrected chi connectivity index (χ2v) is 5.71. The third kappa shape index (κ3) is 2.83. The molecule has 1 N–H and O–H groups in total. The lowest BCUT2D eigenvalue weighted by Gasteiger charge is -2.40. The summed E-state index contributed by atoms with van der Waals surface area (Å²) in [5.41, 5.74) is 2.04. The van der Waals surface area contributed by atoms with E-state index >= 15 is 0 Å². The highest BCUT2D eigenvalue weighted by atomic mass is 19.1.